The van der Waals surface area contributed by atoms with Crippen LogP contribution >= 0.6 is 0 Å². The Morgan fingerprint density at radius 3 is 2.57 bits per heavy atom. The zero-order valence-corrected chi connectivity index (χ0v) is 19.3. The maximum absolute atomic E-state index is 12.9. The third-order valence-electron chi connectivity index (χ3n) is 5.57. The van der Waals surface area contributed by atoms with Gasteiger partial charge in [-0.1, -0.05) is 24.3 Å². The van der Waals surface area contributed by atoms with E-state index in [-0.39, 0.29) is 44.2 Å². The van der Waals surface area contributed by atoms with Gasteiger partial charge < -0.3 is 9.47 Å². The first-order valence-corrected chi connectivity index (χ1v) is 11.2. The van der Waals surface area contributed by atoms with Gasteiger partial charge in [-0.25, -0.2) is 9.80 Å². The Labute approximate surface area is 201 Å². The molecule has 1 aliphatic rings. The molecule has 35 heavy (non-hydrogen) atoms. The van der Waals surface area contributed by atoms with E-state index in [2.05, 4.69) is 0 Å². The summed E-state index contributed by atoms with van der Waals surface area (Å²) in [5, 5.41) is 3.33. The summed E-state index contributed by atoms with van der Waals surface area (Å²) < 4.78 is 49.1. The predicted molar refractivity (Wildman–Crippen MR) is 121 cm³/mol. The Morgan fingerprint density at radius 1 is 1.06 bits per heavy atom. The van der Waals surface area contributed by atoms with Crippen molar-refractivity contribution in [2.24, 2.45) is 0 Å². The molecule has 1 aliphatic heterocycles. The van der Waals surface area contributed by atoms with Crippen LogP contribution in [0.4, 0.5) is 13.2 Å². The van der Waals surface area contributed by atoms with Gasteiger partial charge in [-0.2, -0.15) is 13.2 Å². The van der Waals surface area contributed by atoms with Gasteiger partial charge in [-0.3, -0.25) is 14.6 Å². The first kappa shape index (κ1) is 26.2. The number of hydrogen-bond donors (Lipinski definition) is 0. The van der Waals surface area contributed by atoms with E-state index >= 15 is 0 Å². The third kappa shape index (κ3) is 7.54. The van der Waals surface area contributed by atoms with Crippen LogP contribution < -0.4 is 4.74 Å². The highest BCUT2D eigenvalue weighted by molar-refractivity contribution is 5.89. The summed E-state index contributed by atoms with van der Waals surface area (Å²) in [5.74, 6) is -0.325. The van der Waals surface area contributed by atoms with E-state index in [1.165, 1.54) is 19.2 Å². The predicted octanol–water partition coefficient (Wildman–Crippen LogP) is 3.91. The van der Waals surface area contributed by atoms with Gasteiger partial charge in [0.1, 0.15) is 18.1 Å². The van der Waals surface area contributed by atoms with Crippen molar-refractivity contribution in [2.45, 2.75) is 31.9 Å². The highest BCUT2D eigenvalue weighted by Gasteiger charge is 2.30. The number of esters is 1. The van der Waals surface area contributed by atoms with Crippen molar-refractivity contribution in [2.75, 3.05) is 33.4 Å². The standard InChI is InChI=1S/C25H27F3N2O5/c1-34-24(33)19-6-3-8-22(17-19)35-14-13-30-23(32)9-4-11-29(30)12-10-21(31)16-18-5-2-7-20(15-18)25(26,27)28/h2-3,5-8,15,17H,4,9-14,16H2,1H3. The summed E-state index contributed by atoms with van der Waals surface area (Å²) in [5.41, 5.74) is -0.133. The van der Waals surface area contributed by atoms with Crippen LogP contribution in [0.1, 0.15) is 40.7 Å². The largest absolute Gasteiger partial charge is 0.492 e. The van der Waals surface area contributed by atoms with Crippen LogP contribution in [0.15, 0.2) is 48.5 Å². The first-order chi connectivity index (χ1) is 16.7. The van der Waals surface area contributed by atoms with Crippen molar-refractivity contribution in [1.29, 1.82) is 0 Å². The van der Waals surface area contributed by atoms with Crippen molar-refractivity contribution in [1.82, 2.24) is 10.0 Å². The van der Waals surface area contributed by atoms with E-state index < -0.39 is 17.7 Å². The topological polar surface area (TPSA) is 76.2 Å². The summed E-state index contributed by atoms with van der Waals surface area (Å²) in [4.78, 5) is 36.6. The Balaban J connectivity index is 1.52. The number of benzene rings is 2. The summed E-state index contributed by atoms with van der Waals surface area (Å²) in [6.07, 6.45) is -3.44. The SMILES string of the molecule is COC(=O)c1cccc(OCCN2C(=O)CCCN2CCC(=O)Cc2cccc(C(F)(F)F)c2)c1. The molecule has 188 valence electrons. The summed E-state index contributed by atoms with van der Waals surface area (Å²) >= 11 is 0. The third-order valence-corrected chi connectivity index (χ3v) is 5.57. The van der Waals surface area contributed by atoms with Gasteiger partial charge in [-0.05, 0) is 36.2 Å². The Hall–Kier alpha value is -3.40. The lowest BCUT2D eigenvalue weighted by Gasteiger charge is -2.38. The van der Waals surface area contributed by atoms with Crippen molar-refractivity contribution in [3.05, 3.63) is 65.2 Å². The molecule has 1 amide bonds. The van der Waals surface area contributed by atoms with Gasteiger partial charge in [-0.15, -0.1) is 0 Å². The summed E-state index contributed by atoms with van der Waals surface area (Å²) in [7, 11) is 1.29. The van der Waals surface area contributed by atoms with Crippen molar-refractivity contribution < 1.29 is 37.0 Å². The number of Topliss-reactive ketones (excluding diaryl/α,β-unsaturated/α-hetero) is 1. The molecule has 0 aliphatic carbocycles. The van der Waals surface area contributed by atoms with Crippen LogP contribution in [-0.4, -0.2) is 61.0 Å². The van der Waals surface area contributed by atoms with Crippen LogP contribution in [0.3, 0.4) is 0 Å². The second kappa shape index (κ2) is 11.8. The molecule has 0 radical (unpaired) electrons. The number of ketones is 1. The van der Waals surface area contributed by atoms with Crippen LogP contribution in [0.25, 0.3) is 0 Å². The number of nitrogens with zero attached hydrogens (tertiary/aromatic N) is 2. The average Bonchev–Trinajstić information content (AvgIpc) is 2.83. The number of methoxy groups -OCH3 is 1. The molecule has 2 aromatic rings. The molecule has 0 bridgehead atoms. The minimum atomic E-state index is -4.46. The lowest BCUT2D eigenvalue weighted by molar-refractivity contribution is -0.157. The molecule has 0 unspecified atom stereocenters. The quantitative estimate of drug-likeness (QED) is 0.468. The number of alkyl halides is 3. The van der Waals surface area contributed by atoms with E-state index in [9.17, 15) is 27.6 Å². The molecular formula is C25H27F3N2O5. The zero-order valence-electron chi connectivity index (χ0n) is 19.3. The monoisotopic (exact) mass is 492 g/mol. The fraction of sp³-hybridized carbons (Fsp3) is 0.400. The number of carbonyl (C=O) groups excluding carboxylic acids is 3. The van der Waals surface area contributed by atoms with E-state index in [1.807, 2.05) is 0 Å². The molecule has 3 rings (SSSR count). The Bertz CT molecular complexity index is 1060. The molecule has 1 fully saturated rings. The number of hydrazine groups is 1. The van der Waals surface area contributed by atoms with E-state index in [0.29, 0.717) is 36.3 Å². The van der Waals surface area contributed by atoms with Gasteiger partial charge >= 0.3 is 12.1 Å². The highest BCUT2D eigenvalue weighted by atomic mass is 19.4. The normalized spacial score (nSPS) is 14.6. The molecule has 0 saturated carbocycles. The highest BCUT2D eigenvalue weighted by Crippen LogP contribution is 2.29. The van der Waals surface area contributed by atoms with Gasteiger partial charge in [0.2, 0.25) is 5.91 Å². The van der Waals surface area contributed by atoms with E-state index in [1.54, 1.807) is 34.3 Å². The maximum atomic E-state index is 12.9. The molecule has 10 heteroatoms. The first-order valence-electron chi connectivity index (χ1n) is 11.2. The van der Waals surface area contributed by atoms with Gasteiger partial charge in [0.25, 0.3) is 0 Å². The minimum absolute atomic E-state index is 0.0894. The molecule has 0 aromatic heterocycles. The fourth-order valence-electron chi connectivity index (χ4n) is 3.83. The molecule has 1 saturated heterocycles. The Kier molecular flexibility index (Phi) is 8.86. The number of hydrogen-bond acceptors (Lipinski definition) is 6. The number of rotatable bonds is 10. The minimum Gasteiger partial charge on any atom is -0.492 e. The van der Waals surface area contributed by atoms with Gasteiger partial charge in [0.15, 0.2) is 0 Å². The van der Waals surface area contributed by atoms with Crippen LogP contribution in [0, 0.1) is 0 Å². The van der Waals surface area contributed by atoms with Crippen LogP contribution in [-0.2, 0) is 26.9 Å². The molecular weight excluding hydrogens is 465 g/mol. The molecule has 0 spiro atoms. The number of ether oxygens (including phenoxy) is 2. The summed E-state index contributed by atoms with van der Waals surface area (Å²) in [6, 6.07) is 11.2. The molecule has 2 aromatic carbocycles. The second-order valence-corrected chi connectivity index (χ2v) is 8.11. The van der Waals surface area contributed by atoms with Gasteiger partial charge in [0.05, 0.1) is 24.8 Å². The molecule has 0 atom stereocenters. The van der Waals surface area contributed by atoms with E-state index in [0.717, 1.165) is 12.1 Å². The van der Waals surface area contributed by atoms with Crippen LogP contribution in [0.5, 0.6) is 5.75 Å². The van der Waals surface area contributed by atoms with E-state index in [4.69, 9.17) is 9.47 Å². The van der Waals surface area contributed by atoms with Crippen molar-refractivity contribution in [3.63, 3.8) is 0 Å². The number of halogens is 3. The van der Waals surface area contributed by atoms with Crippen molar-refractivity contribution >= 4 is 17.7 Å². The summed E-state index contributed by atoms with van der Waals surface area (Å²) in [6.45, 7) is 1.29. The van der Waals surface area contributed by atoms with Gasteiger partial charge in [0, 0.05) is 32.4 Å². The average molecular weight is 492 g/mol. The molecule has 7 nitrogen and oxygen atoms in total. The fourth-order valence-corrected chi connectivity index (χ4v) is 3.83. The number of amides is 1. The Morgan fingerprint density at radius 2 is 1.83 bits per heavy atom. The molecule has 1 heterocycles. The lowest BCUT2D eigenvalue weighted by atomic mass is 10.0. The lowest BCUT2D eigenvalue weighted by Crippen LogP contribution is -2.52. The zero-order chi connectivity index (χ0) is 25.4. The maximum Gasteiger partial charge on any atom is 0.416 e. The second-order valence-electron chi connectivity index (χ2n) is 8.11. The van der Waals surface area contributed by atoms with Crippen LogP contribution in [0.2, 0.25) is 0 Å². The molecule has 0 N–H and O–H groups in total. The van der Waals surface area contributed by atoms with Crippen molar-refractivity contribution in [3.8, 4) is 5.75 Å². The number of carbonyl (C=O) groups is 3. The smallest absolute Gasteiger partial charge is 0.416 e.